The van der Waals surface area contributed by atoms with Gasteiger partial charge in [-0.25, -0.2) is 0 Å². The smallest absolute Gasteiger partial charge is 0.223 e. The molecule has 148 valence electrons. The van der Waals surface area contributed by atoms with Gasteiger partial charge in [0.15, 0.2) is 0 Å². The predicted octanol–water partition coefficient (Wildman–Crippen LogP) is 2.88. The zero-order valence-electron chi connectivity index (χ0n) is 16.9. The molecule has 0 unspecified atom stereocenters. The molecule has 1 heterocycles. The van der Waals surface area contributed by atoms with E-state index in [1.54, 1.807) is 7.11 Å². The van der Waals surface area contributed by atoms with Crippen LogP contribution in [0.3, 0.4) is 0 Å². The van der Waals surface area contributed by atoms with E-state index in [1.165, 1.54) is 5.56 Å². The average molecular weight is 373 g/mol. The molecule has 1 saturated heterocycles. The number of rotatable bonds is 7. The lowest BCUT2D eigenvalue weighted by molar-refractivity contribution is -0.129. The summed E-state index contributed by atoms with van der Waals surface area (Å²) in [4.78, 5) is 26.7. The fraction of sp³-hybridized carbons (Fsp3) is 0.636. The van der Waals surface area contributed by atoms with Crippen LogP contribution in [0.1, 0.15) is 39.2 Å². The van der Waals surface area contributed by atoms with Crippen LogP contribution in [0.4, 0.5) is 0 Å². The largest absolute Gasteiger partial charge is 0.497 e. The van der Waals surface area contributed by atoms with Gasteiger partial charge in [-0.3, -0.25) is 9.59 Å². The number of fused-ring (bicyclic) bond motifs is 1. The van der Waals surface area contributed by atoms with Crippen molar-refractivity contribution in [2.45, 2.75) is 46.1 Å². The van der Waals surface area contributed by atoms with E-state index < -0.39 is 0 Å². The molecule has 1 N–H and O–H groups in total. The van der Waals surface area contributed by atoms with Gasteiger partial charge in [0.1, 0.15) is 5.75 Å². The van der Waals surface area contributed by atoms with Crippen molar-refractivity contribution in [3.8, 4) is 5.75 Å². The Hall–Kier alpha value is -2.04. The molecule has 0 spiro atoms. The predicted molar refractivity (Wildman–Crippen MR) is 105 cm³/mol. The molecule has 0 radical (unpaired) electrons. The Morgan fingerprint density at radius 1 is 1.30 bits per heavy atom. The van der Waals surface area contributed by atoms with E-state index in [2.05, 4.69) is 29.3 Å². The van der Waals surface area contributed by atoms with E-state index in [0.717, 1.165) is 25.1 Å². The highest BCUT2D eigenvalue weighted by Crippen LogP contribution is 2.45. The van der Waals surface area contributed by atoms with E-state index in [4.69, 9.17) is 4.74 Å². The second-order valence-electron chi connectivity index (χ2n) is 8.40. The van der Waals surface area contributed by atoms with Gasteiger partial charge in [-0.2, -0.15) is 0 Å². The number of hydrogen-bond acceptors (Lipinski definition) is 3. The lowest BCUT2D eigenvalue weighted by Crippen LogP contribution is -2.37. The van der Waals surface area contributed by atoms with Crippen LogP contribution in [0.5, 0.6) is 5.75 Å². The molecule has 0 aromatic heterocycles. The van der Waals surface area contributed by atoms with Crippen molar-refractivity contribution in [2.24, 2.45) is 23.7 Å². The number of nitrogens with zero attached hydrogens (tertiary/aromatic N) is 1. The normalized spacial score (nSPS) is 27.1. The number of benzene rings is 1. The minimum atomic E-state index is 0.00344. The molecular weight excluding hydrogens is 340 g/mol. The SMILES string of the molecule is COc1ccc(CCN2C(=O)C[C@H]3[C@H](CNC(=O)C(C)C)[C@@H](C)C[C@H]32)cc1. The summed E-state index contributed by atoms with van der Waals surface area (Å²) in [5.41, 5.74) is 1.22. The number of hydrogen-bond donors (Lipinski definition) is 1. The Bertz CT molecular complexity index is 671. The van der Waals surface area contributed by atoms with Crippen LogP contribution in [0.15, 0.2) is 24.3 Å². The molecule has 3 rings (SSSR count). The summed E-state index contributed by atoms with van der Waals surface area (Å²) in [6, 6.07) is 8.40. The minimum absolute atomic E-state index is 0.00344. The first kappa shape index (κ1) is 19.7. The fourth-order valence-corrected chi connectivity index (χ4v) is 4.69. The van der Waals surface area contributed by atoms with Crippen LogP contribution >= 0.6 is 0 Å². The summed E-state index contributed by atoms with van der Waals surface area (Å²) in [6.45, 7) is 7.55. The van der Waals surface area contributed by atoms with E-state index in [1.807, 2.05) is 26.0 Å². The van der Waals surface area contributed by atoms with Crippen molar-refractivity contribution in [1.29, 1.82) is 0 Å². The van der Waals surface area contributed by atoms with E-state index in [0.29, 0.717) is 36.8 Å². The molecule has 0 bridgehead atoms. The summed E-state index contributed by atoms with van der Waals surface area (Å²) < 4.78 is 5.20. The van der Waals surface area contributed by atoms with Gasteiger partial charge in [0.25, 0.3) is 0 Å². The molecule has 5 heteroatoms. The Morgan fingerprint density at radius 3 is 2.63 bits per heavy atom. The number of nitrogens with one attached hydrogen (secondary N) is 1. The van der Waals surface area contributed by atoms with E-state index in [9.17, 15) is 9.59 Å². The van der Waals surface area contributed by atoms with Gasteiger partial charge < -0.3 is 15.0 Å². The van der Waals surface area contributed by atoms with Crippen molar-refractivity contribution in [2.75, 3.05) is 20.2 Å². The number of carbonyl (C=O) groups is 2. The van der Waals surface area contributed by atoms with Crippen molar-refractivity contribution >= 4 is 11.8 Å². The van der Waals surface area contributed by atoms with Crippen molar-refractivity contribution in [1.82, 2.24) is 10.2 Å². The highest BCUT2D eigenvalue weighted by Gasteiger charge is 2.50. The molecule has 1 aromatic rings. The molecule has 2 amide bonds. The highest BCUT2D eigenvalue weighted by molar-refractivity contribution is 5.80. The van der Waals surface area contributed by atoms with Gasteiger partial charge in [0.2, 0.25) is 11.8 Å². The third-order valence-electron chi connectivity index (χ3n) is 6.36. The molecule has 27 heavy (non-hydrogen) atoms. The van der Waals surface area contributed by atoms with Crippen LogP contribution in [0.25, 0.3) is 0 Å². The summed E-state index contributed by atoms with van der Waals surface area (Å²) in [5.74, 6) is 2.53. The Morgan fingerprint density at radius 2 is 2.00 bits per heavy atom. The molecule has 4 atom stereocenters. The molecule has 5 nitrogen and oxygen atoms in total. The van der Waals surface area contributed by atoms with E-state index in [-0.39, 0.29) is 17.7 Å². The van der Waals surface area contributed by atoms with E-state index >= 15 is 0 Å². The average Bonchev–Trinajstić information content (AvgIpc) is 3.11. The maximum absolute atomic E-state index is 12.6. The zero-order chi connectivity index (χ0) is 19.6. The number of likely N-dealkylation sites (tertiary alicyclic amines) is 1. The molecule has 1 saturated carbocycles. The summed E-state index contributed by atoms with van der Waals surface area (Å²) in [7, 11) is 1.67. The first-order valence-electron chi connectivity index (χ1n) is 10.1. The topological polar surface area (TPSA) is 58.6 Å². The second-order valence-corrected chi connectivity index (χ2v) is 8.40. The third kappa shape index (κ3) is 4.28. The van der Waals surface area contributed by atoms with Crippen molar-refractivity contribution < 1.29 is 14.3 Å². The number of amides is 2. The minimum Gasteiger partial charge on any atom is -0.497 e. The van der Waals surface area contributed by atoms with Gasteiger partial charge >= 0.3 is 0 Å². The molecular formula is C22H32N2O3. The van der Waals surface area contributed by atoms with Gasteiger partial charge in [-0.15, -0.1) is 0 Å². The molecule has 1 aromatic carbocycles. The summed E-state index contributed by atoms with van der Waals surface area (Å²) in [6.07, 6.45) is 2.53. The third-order valence-corrected chi connectivity index (χ3v) is 6.36. The van der Waals surface area contributed by atoms with Crippen LogP contribution in [0, 0.1) is 23.7 Å². The van der Waals surface area contributed by atoms with Crippen LogP contribution in [0.2, 0.25) is 0 Å². The van der Waals surface area contributed by atoms with Crippen LogP contribution < -0.4 is 10.1 Å². The van der Waals surface area contributed by atoms with Crippen LogP contribution in [-0.4, -0.2) is 43.0 Å². The Labute approximate surface area is 162 Å². The summed E-state index contributed by atoms with van der Waals surface area (Å²) >= 11 is 0. The molecule has 1 aliphatic carbocycles. The molecule has 2 fully saturated rings. The lowest BCUT2D eigenvalue weighted by Gasteiger charge is -2.25. The zero-order valence-corrected chi connectivity index (χ0v) is 16.9. The maximum Gasteiger partial charge on any atom is 0.223 e. The van der Waals surface area contributed by atoms with Crippen molar-refractivity contribution in [3.05, 3.63) is 29.8 Å². The van der Waals surface area contributed by atoms with Gasteiger partial charge in [-0.1, -0.05) is 32.9 Å². The number of carbonyl (C=O) groups excluding carboxylic acids is 2. The van der Waals surface area contributed by atoms with Crippen LogP contribution in [-0.2, 0) is 16.0 Å². The highest BCUT2D eigenvalue weighted by atomic mass is 16.5. The monoisotopic (exact) mass is 372 g/mol. The van der Waals surface area contributed by atoms with Gasteiger partial charge in [0, 0.05) is 31.5 Å². The number of ether oxygens (including phenoxy) is 1. The quantitative estimate of drug-likeness (QED) is 0.801. The second kappa shape index (κ2) is 8.32. The first-order valence-corrected chi connectivity index (χ1v) is 10.1. The van der Waals surface area contributed by atoms with Crippen molar-refractivity contribution in [3.63, 3.8) is 0 Å². The standard InChI is InChI=1S/C22H32N2O3/c1-14(2)22(26)23-13-19-15(3)11-20-18(19)12-21(25)24(20)10-9-16-5-7-17(27-4)8-6-16/h5-8,14-15,18-20H,9-13H2,1-4H3,(H,23,26)/t15-,18-,19+,20+/m0/s1. The Kier molecular flexibility index (Phi) is 6.08. The fourth-order valence-electron chi connectivity index (χ4n) is 4.69. The van der Waals surface area contributed by atoms with Gasteiger partial charge in [-0.05, 0) is 48.3 Å². The molecule has 2 aliphatic rings. The number of methoxy groups -OCH3 is 1. The first-order chi connectivity index (χ1) is 12.9. The summed E-state index contributed by atoms with van der Waals surface area (Å²) in [5, 5.41) is 3.08. The maximum atomic E-state index is 12.6. The Balaban J connectivity index is 1.59. The van der Waals surface area contributed by atoms with Gasteiger partial charge in [0.05, 0.1) is 7.11 Å². The lowest BCUT2D eigenvalue weighted by atomic mass is 9.88. The molecule has 1 aliphatic heterocycles.